The number of nitrogens with zero attached hydrogens (tertiary/aromatic N) is 1. The minimum atomic E-state index is -3.43. The van der Waals surface area contributed by atoms with Gasteiger partial charge >= 0.3 is 0 Å². The van der Waals surface area contributed by atoms with Gasteiger partial charge in [0.15, 0.2) is 6.04 Å². The Morgan fingerprint density at radius 2 is 1.72 bits per heavy atom. The second kappa shape index (κ2) is 11.5. The zero-order valence-electron chi connectivity index (χ0n) is 20.2. The Kier molecular flexibility index (Phi) is 8.55. The van der Waals surface area contributed by atoms with Crippen LogP contribution in [0.5, 0.6) is 5.75 Å². The van der Waals surface area contributed by atoms with Crippen LogP contribution in [-0.2, 0) is 10.7 Å². The average molecular weight is 579 g/mol. The number of halogens is 3. The molecule has 1 saturated heterocycles. The quantitative estimate of drug-likeness (QED) is 0.317. The Morgan fingerprint density at radius 1 is 1.08 bits per heavy atom. The number of piperidine rings is 1. The van der Waals surface area contributed by atoms with E-state index in [4.69, 9.17) is 10.5 Å². The lowest BCUT2D eigenvalue weighted by Gasteiger charge is -2.35. The number of hydrogen-bond acceptors (Lipinski definition) is 5. The second-order valence-electron chi connectivity index (χ2n) is 9.28. The van der Waals surface area contributed by atoms with E-state index in [1.165, 1.54) is 17.0 Å². The van der Waals surface area contributed by atoms with Gasteiger partial charge in [0.25, 0.3) is 5.92 Å². The average Bonchev–Trinajstić information content (AvgIpc) is 2.84. The van der Waals surface area contributed by atoms with Crippen molar-refractivity contribution in [3.05, 3.63) is 70.7 Å². The number of carbonyl (C=O) groups is 1. The van der Waals surface area contributed by atoms with Crippen LogP contribution in [-0.4, -0.2) is 42.1 Å². The summed E-state index contributed by atoms with van der Waals surface area (Å²) >= 11 is 4.32. The van der Waals surface area contributed by atoms with E-state index < -0.39 is 17.9 Å². The molecular weight excluding hydrogens is 548 g/mol. The number of rotatable bonds is 8. The summed E-state index contributed by atoms with van der Waals surface area (Å²) in [5, 5.41) is 1.93. The normalized spacial score (nSPS) is 15.9. The fourth-order valence-corrected chi connectivity index (χ4v) is 5.25. The number of fused-ring (bicyclic) bond motifs is 1. The standard InChI is InChI=1S/C27H30BrF2N3O2S/c1-17(2)35-23-9-3-19-16-24(10-4-18(19)15-23)36-32-25(26(34)33-13-11-22(31)12-14-33)27(29,30)20-5-7-21(28)8-6-20/h3-10,15-17,22,25,32H,11-14,31H2,1-2H3. The third kappa shape index (κ3) is 6.37. The Bertz CT molecular complexity index is 1200. The van der Waals surface area contributed by atoms with Crippen LogP contribution in [0.1, 0.15) is 32.3 Å². The Balaban J connectivity index is 1.57. The lowest BCUT2D eigenvalue weighted by atomic mass is 9.99. The van der Waals surface area contributed by atoms with Gasteiger partial charge in [-0.3, -0.25) is 4.79 Å². The fraction of sp³-hybridized carbons (Fsp3) is 0.370. The molecule has 4 rings (SSSR count). The summed E-state index contributed by atoms with van der Waals surface area (Å²) in [6.45, 7) is 4.68. The van der Waals surface area contributed by atoms with Crippen molar-refractivity contribution in [2.75, 3.05) is 13.1 Å². The molecule has 9 heteroatoms. The van der Waals surface area contributed by atoms with Crippen molar-refractivity contribution >= 4 is 44.6 Å². The molecule has 192 valence electrons. The van der Waals surface area contributed by atoms with Gasteiger partial charge in [0, 0.05) is 34.1 Å². The zero-order valence-corrected chi connectivity index (χ0v) is 22.6. The van der Waals surface area contributed by atoms with Crippen LogP contribution in [0.25, 0.3) is 10.8 Å². The third-order valence-electron chi connectivity index (χ3n) is 6.14. The van der Waals surface area contributed by atoms with Crippen LogP contribution < -0.4 is 15.2 Å². The van der Waals surface area contributed by atoms with E-state index in [9.17, 15) is 4.79 Å². The molecule has 1 amide bonds. The summed E-state index contributed by atoms with van der Waals surface area (Å²) in [6.07, 6.45) is 1.27. The van der Waals surface area contributed by atoms with Gasteiger partial charge in [-0.2, -0.15) is 8.78 Å². The summed E-state index contributed by atoms with van der Waals surface area (Å²) in [6, 6.07) is 15.5. The minimum Gasteiger partial charge on any atom is -0.491 e. The number of ether oxygens (including phenoxy) is 1. The summed E-state index contributed by atoms with van der Waals surface area (Å²) in [4.78, 5) is 15.6. The summed E-state index contributed by atoms with van der Waals surface area (Å²) in [5.41, 5.74) is 5.74. The maximum absolute atomic E-state index is 15.8. The molecule has 0 bridgehead atoms. The van der Waals surface area contributed by atoms with Crippen LogP contribution in [0.2, 0.25) is 0 Å². The maximum atomic E-state index is 15.8. The van der Waals surface area contributed by atoms with Crippen LogP contribution in [0, 0.1) is 0 Å². The number of hydrogen-bond donors (Lipinski definition) is 2. The van der Waals surface area contributed by atoms with Gasteiger partial charge in [0.1, 0.15) is 5.75 Å². The molecule has 3 aromatic rings. The summed E-state index contributed by atoms with van der Waals surface area (Å²) in [7, 11) is 0. The monoisotopic (exact) mass is 577 g/mol. The first-order chi connectivity index (χ1) is 17.1. The van der Waals surface area contributed by atoms with Crippen molar-refractivity contribution in [1.82, 2.24) is 9.62 Å². The molecular formula is C27H30BrF2N3O2S. The van der Waals surface area contributed by atoms with Gasteiger partial charge in [-0.05, 0) is 85.8 Å². The van der Waals surface area contributed by atoms with Crippen molar-refractivity contribution in [1.29, 1.82) is 0 Å². The lowest BCUT2D eigenvalue weighted by molar-refractivity contribution is -0.145. The maximum Gasteiger partial charge on any atom is 0.298 e. The highest BCUT2D eigenvalue weighted by atomic mass is 79.9. The number of amides is 1. The van der Waals surface area contributed by atoms with Gasteiger partial charge in [0.05, 0.1) is 6.10 Å². The van der Waals surface area contributed by atoms with Crippen LogP contribution in [0.4, 0.5) is 8.78 Å². The Labute approximate surface area is 223 Å². The SMILES string of the molecule is CC(C)Oc1ccc2cc(SNC(C(=O)N3CCC(N)CC3)C(F)(F)c3ccc(Br)cc3)ccc2c1. The van der Waals surface area contributed by atoms with Crippen molar-refractivity contribution in [2.45, 2.75) is 55.7 Å². The van der Waals surface area contributed by atoms with E-state index in [1.54, 1.807) is 12.1 Å². The smallest absolute Gasteiger partial charge is 0.298 e. The Morgan fingerprint density at radius 3 is 2.39 bits per heavy atom. The predicted molar refractivity (Wildman–Crippen MR) is 144 cm³/mol. The Hall–Kier alpha value is -2.20. The molecule has 0 radical (unpaired) electrons. The second-order valence-corrected chi connectivity index (χ2v) is 11.1. The minimum absolute atomic E-state index is 0.00845. The van der Waals surface area contributed by atoms with Crippen molar-refractivity contribution in [2.24, 2.45) is 5.73 Å². The van der Waals surface area contributed by atoms with Gasteiger partial charge in [-0.1, -0.05) is 40.2 Å². The van der Waals surface area contributed by atoms with Crippen molar-refractivity contribution in [3.63, 3.8) is 0 Å². The number of carbonyl (C=O) groups excluding carboxylic acids is 1. The number of benzene rings is 3. The zero-order chi connectivity index (χ0) is 25.9. The van der Waals surface area contributed by atoms with Crippen molar-refractivity contribution in [3.8, 4) is 5.75 Å². The fourth-order valence-electron chi connectivity index (χ4n) is 4.16. The summed E-state index contributed by atoms with van der Waals surface area (Å²) in [5.74, 6) is -3.28. The first-order valence-electron chi connectivity index (χ1n) is 11.9. The molecule has 1 heterocycles. The highest BCUT2D eigenvalue weighted by Crippen LogP contribution is 2.36. The van der Waals surface area contributed by atoms with Gasteiger partial charge in [-0.15, -0.1) is 0 Å². The van der Waals surface area contributed by atoms with Gasteiger partial charge < -0.3 is 15.4 Å². The summed E-state index contributed by atoms with van der Waals surface area (Å²) < 4.78 is 40.8. The lowest BCUT2D eigenvalue weighted by Crippen LogP contribution is -2.55. The molecule has 0 aliphatic carbocycles. The van der Waals surface area contributed by atoms with E-state index in [1.807, 2.05) is 50.2 Å². The molecule has 5 nitrogen and oxygen atoms in total. The highest BCUT2D eigenvalue weighted by Gasteiger charge is 2.48. The predicted octanol–water partition coefficient (Wildman–Crippen LogP) is 6.10. The van der Waals surface area contributed by atoms with Crippen molar-refractivity contribution < 1.29 is 18.3 Å². The number of nitrogens with one attached hydrogen (secondary N) is 1. The van der Waals surface area contributed by atoms with E-state index in [0.29, 0.717) is 30.4 Å². The van der Waals surface area contributed by atoms with E-state index in [-0.39, 0.29) is 17.7 Å². The van der Waals surface area contributed by atoms with Crippen LogP contribution in [0.15, 0.2) is 70.0 Å². The van der Waals surface area contributed by atoms with E-state index in [2.05, 4.69) is 20.7 Å². The molecule has 3 N–H and O–H groups in total. The molecule has 1 fully saturated rings. The van der Waals surface area contributed by atoms with Crippen LogP contribution >= 0.6 is 27.9 Å². The molecule has 1 atom stereocenters. The van der Waals surface area contributed by atoms with E-state index >= 15 is 8.78 Å². The largest absolute Gasteiger partial charge is 0.491 e. The van der Waals surface area contributed by atoms with Gasteiger partial charge in [-0.25, -0.2) is 4.72 Å². The van der Waals surface area contributed by atoms with Crippen LogP contribution in [0.3, 0.4) is 0 Å². The molecule has 0 spiro atoms. The van der Waals surface area contributed by atoms with E-state index in [0.717, 1.165) is 33.4 Å². The highest BCUT2D eigenvalue weighted by molar-refractivity contribution is 9.10. The first kappa shape index (κ1) is 26.9. The third-order valence-corrected chi connectivity index (χ3v) is 7.51. The molecule has 3 aromatic carbocycles. The molecule has 36 heavy (non-hydrogen) atoms. The molecule has 1 unspecified atom stereocenters. The topological polar surface area (TPSA) is 67.6 Å². The number of likely N-dealkylation sites (tertiary alicyclic amines) is 1. The molecule has 0 saturated carbocycles. The van der Waals surface area contributed by atoms with Gasteiger partial charge in [0.2, 0.25) is 5.91 Å². The number of nitrogens with two attached hydrogens (primary N) is 1. The molecule has 1 aliphatic heterocycles. The molecule has 1 aliphatic rings. The first-order valence-corrected chi connectivity index (χ1v) is 13.6. The number of alkyl halides is 2. The molecule has 0 aromatic heterocycles.